The van der Waals surface area contributed by atoms with E-state index in [1.54, 1.807) is 32.0 Å². The normalized spacial score (nSPS) is 13.4. The highest BCUT2D eigenvalue weighted by Crippen LogP contribution is 2.37. The molecule has 0 bridgehead atoms. The van der Waals surface area contributed by atoms with Gasteiger partial charge < -0.3 is 14.8 Å². The fourth-order valence-corrected chi connectivity index (χ4v) is 2.87. The molecule has 1 aliphatic rings. The fourth-order valence-electron chi connectivity index (χ4n) is 2.87. The summed E-state index contributed by atoms with van der Waals surface area (Å²) in [6.07, 6.45) is -3.61. The Morgan fingerprint density at radius 3 is 2.68 bits per heavy atom. The van der Waals surface area contributed by atoms with Gasteiger partial charge in [0.1, 0.15) is 5.56 Å². The molecule has 1 N–H and O–H groups in total. The van der Waals surface area contributed by atoms with Gasteiger partial charge in [-0.3, -0.25) is 4.79 Å². The van der Waals surface area contributed by atoms with Crippen molar-refractivity contribution in [2.75, 3.05) is 6.79 Å². The summed E-state index contributed by atoms with van der Waals surface area (Å²) in [7, 11) is 0. The van der Waals surface area contributed by atoms with E-state index in [9.17, 15) is 18.0 Å². The molecule has 28 heavy (non-hydrogen) atoms. The topological polar surface area (TPSA) is 77.8 Å². The maximum Gasteiger partial charge on any atom is 0.433 e. The molecular weight excluding hydrogens is 377 g/mol. The molecule has 3 aromatic rings. The second-order valence-corrected chi connectivity index (χ2v) is 6.51. The largest absolute Gasteiger partial charge is 0.454 e. The Kier molecular flexibility index (Phi) is 4.13. The minimum Gasteiger partial charge on any atom is -0.454 e. The fraction of sp³-hybridized carbons (Fsp3) is 0.278. The number of nitrogens with one attached hydrogen (secondary N) is 1. The van der Waals surface area contributed by atoms with Crippen LogP contribution in [0.15, 0.2) is 30.5 Å². The number of carbonyl (C=O) groups excluding carboxylic acids is 1. The smallest absolute Gasteiger partial charge is 0.433 e. The van der Waals surface area contributed by atoms with Gasteiger partial charge in [-0.25, -0.2) is 9.50 Å². The number of benzene rings is 1. The van der Waals surface area contributed by atoms with Crippen LogP contribution in [0, 0.1) is 0 Å². The third kappa shape index (κ3) is 3.10. The van der Waals surface area contributed by atoms with Crippen LogP contribution in [0.2, 0.25) is 0 Å². The Hall–Kier alpha value is -3.30. The lowest BCUT2D eigenvalue weighted by Gasteiger charge is -2.12. The minimum absolute atomic E-state index is 0.0391. The molecule has 3 heterocycles. The Balaban J connectivity index is 1.91. The Bertz CT molecular complexity index is 1080. The minimum atomic E-state index is -4.69. The molecule has 7 nitrogen and oxygen atoms in total. The third-order valence-corrected chi connectivity index (χ3v) is 4.09. The average molecular weight is 392 g/mol. The molecule has 0 fully saturated rings. The van der Waals surface area contributed by atoms with E-state index in [0.717, 1.165) is 12.3 Å². The average Bonchev–Trinajstić information content (AvgIpc) is 3.25. The molecule has 0 saturated heterocycles. The number of ether oxygens (including phenoxy) is 2. The molecule has 1 amide bonds. The zero-order valence-electron chi connectivity index (χ0n) is 14.9. The van der Waals surface area contributed by atoms with Crippen LogP contribution in [-0.2, 0) is 6.18 Å². The molecule has 0 spiro atoms. The first kappa shape index (κ1) is 18.1. The second kappa shape index (κ2) is 6.39. The van der Waals surface area contributed by atoms with Crippen LogP contribution >= 0.6 is 0 Å². The predicted octanol–water partition coefficient (Wildman–Crippen LogP) is 3.28. The van der Waals surface area contributed by atoms with Crippen molar-refractivity contribution in [2.24, 2.45) is 0 Å². The number of fused-ring (bicyclic) bond motifs is 2. The van der Waals surface area contributed by atoms with Crippen molar-refractivity contribution in [3.63, 3.8) is 0 Å². The van der Waals surface area contributed by atoms with Gasteiger partial charge in [-0.05, 0) is 38.1 Å². The first-order valence-corrected chi connectivity index (χ1v) is 8.41. The summed E-state index contributed by atoms with van der Waals surface area (Å²) in [5.74, 6) is 0.370. The molecule has 2 aromatic heterocycles. The number of amides is 1. The van der Waals surface area contributed by atoms with Crippen LogP contribution in [-0.4, -0.2) is 33.3 Å². The van der Waals surface area contributed by atoms with Gasteiger partial charge in [0.15, 0.2) is 22.8 Å². The molecule has 0 atom stereocenters. The molecular formula is C18H15F3N4O3. The number of hydrogen-bond donors (Lipinski definition) is 1. The summed E-state index contributed by atoms with van der Waals surface area (Å²) in [5.41, 5.74) is -0.818. The summed E-state index contributed by atoms with van der Waals surface area (Å²) >= 11 is 0. The highest BCUT2D eigenvalue weighted by atomic mass is 19.4. The number of halogens is 3. The van der Waals surface area contributed by atoms with Gasteiger partial charge in [-0.1, -0.05) is 0 Å². The second-order valence-electron chi connectivity index (χ2n) is 6.51. The van der Waals surface area contributed by atoms with Gasteiger partial charge in [0.05, 0.1) is 11.9 Å². The maximum atomic E-state index is 13.6. The van der Waals surface area contributed by atoms with Crippen molar-refractivity contribution in [1.82, 2.24) is 19.9 Å². The lowest BCUT2D eigenvalue weighted by molar-refractivity contribution is -0.142. The van der Waals surface area contributed by atoms with Gasteiger partial charge in [-0.2, -0.15) is 18.3 Å². The summed E-state index contributed by atoms with van der Waals surface area (Å²) in [5, 5.41) is 6.37. The Morgan fingerprint density at radius 1 is 1.21 bits per heavy atom. The van der Waals surface area contributed by atoms with Crippen LogP contribution in [0.1, 0.15) is 29.9 Å². The molecule has 0 saturated carbocycles. The molecule has 0 unspecified atom stereocenters. The maximum absolute atomic E-state index is 13.6. The van der Waals surface area contributed by atoms with E-state index in [1.165, 1.54) is 0 Å². The number of alkyl halides is 3. The highest BCUT2D eigenvalue weighted by molar-refractivity contribution is 6.00. The quantitative estimate of drug-likeness (QED) is 0.740. The highest BCUT2D eigenvalue weighted by Gasteiger charge is 2.36. The van der Waals surface area contributed by atoms with Crippen LogP contribution in [0.5, 0.6) is 11.5 Å². The van der Waals surface area contributed by atoms with Crippen LogP contribution in [0.25, 0.3) is 16.9 Å². The number of rotatable bonds is 3. The number of carbonyl (C=O) groups is 1. The van der Waals surface area contributed by atoms with Crippen molar-refractivity contribution >= 4 is 11.6 Å². The first-order chi connectivity index (χ1) is 13.2. The lowest BCUT2D eigenvalue weighted by Crippen LogP contribution is -2.30. The summed E-state index contributed by atoms with van der Waals surface area (Å²) in [6, 6.07) is 5.42. The van der Waals surface area contributed by atoms with Crippen molar-refractivity contribution in [3.8, 4) is 22.8 Å². The summed E-state index contributed by atoms with van der Waals surface area (Å²) in [6.45, 7) is 3.54. The summed E-state index contributed by atoms with van der Waals surface area (Å²) in [4.78, 5) is 16.6. The molecule has 0 aliphatic carbocycles. The SMILES string of the molecule is CC(C)NC(=O)c1cnn2c(C(F)(F)F)cc(-c3ccc4c(c3)OCO4)nc12. The number of aromatic nitrogens is 3. The van der Waals surface area contributed by atoms with Gasteiger partial charge in [-0.15, -0.1) is 0 Å². The molecule has 146 valence electrons. The molecule has 10 heteroatoms. The monoisotopic (exact) mass is 392 g/mol. The van der Waals surface area contributed by atoms with Crippen LogP contribution < -0.4 is 14.8 Å². The van der Waals surface area contributed by atoms with E-state index in [0.29, 0.717) is 21.6 Å². The van der Waals surface area contributed by atoms with Crippen molar-refractivity contribution in [1.29, 1.82) is 0 Å². The molecule has 4 rings (SSSR count). The third-order valence-electron chi connectivity index (χ3n) is 4.09. The van der Waals surface area contributed by atoms with E-state index in [4.69, 9.17) is 9.47 Å². The van der Waals surface area contributed by atoms with Crippen molar-refractivity contribution in [2.45, 2.75) is 26.1 Å². The van der Waals surface area contributed by atoms with Gasteiger partial charge in [0, 0.05) is 11.6 Å². The van der Waals surface area contributed by atoms with Crippen LogP contribution in [0.4, 0.5) is 13.2 Å². The molecule has 0 radical (unpaired) electrons. The zero-order chi connectivity index (χ0) is 20.1. The predicted molar refractivity (Wildman–Crippen MR) is 92.2 cm³/mol. The Labute approximate surface area is 157 Å². The van der Waals surface area contributed by atoms with E-state index >= 15 is 0 Å². The van der Waals surface area contributed by atoms with E-state index in [1.807, 2.05) is 0 Å². The van der Waals surface area contributed by atoms with Crippen molar-refractivity contribution < 1.29 is 27.4 Å². The number of hydrogen-bond acceptors (Lipinski definition) is 5. The lowest BCUT2D eigenvalue weighted by atomic mass is 10.1. The molecule has 1 aromatic carbocycles. The number of nitrogens with zero attached hydrogens (tertiary/aromatic N) is 3. The van der Waals surface area contributed by atoms with E-state index < -0.39 is 17.8 Å². The van der Waals surface area contributed by atoms with Gasteiger partial charge >= 0.3 is 6.18 Å². The Morgan fingerprint density at radius 2 is 1.96 bits per heavy atom. The van der Waals surface area contributed by atoms with Crippen LogP contribution in [0.3, 0.4) is 0 Å². The summed E-state index contributed by atoms with van der Waals surface area (Å²) < 4.78 is 52.0. The molecule has 1 aliphatic heterocycles. The zero-order valence-corrected chi connectivity index (χ0v) is 14.9. The van der Waals surface area contributed by atoms with Crippen molar-refractivity contribution in [3.05, 3.63) is 41.7 Å². The van der Waals surface area contributed by atoms with Gasteiger partial charge in [0.2, 0.25) is 6.79 Å². The first-order valence-electron chi connectivity index (χ1n) is 8.41. The van der Waals surface area contributed by atoms with Gasteiger partial charge in [0.25, 0.3) is 5.91 Å². The van der Waals surface area contributed by atoms with E-state index in [2.05, 4.69) is 15.4 Å². The van der Waals surface area contributed by atoms with E-state index in [-0.39, 0.29) is 29.7 Å². The standard InChI is InChI=1S/C18H15F3N4O3/c1-9(2)23-17(26)11-7-22-25-15(18(19,20)21)6-12(24-16(11)25)10-3-4-13-14(5-10)28-8-27-13/h3-7,9H,8H2,1-2H3,(H,23,26).